The number of rotatable bonds is 12. The van der Waals surface area contributed by atoms with Gasteiger partial charge in [-0.1, -0.05) is 112 Å². The molecule has 0 aromatic heterocycles. The number of carbonyl (C=O) groups is 2. The minimum Gasteiger partial charge on any atom is -0.354 e. The molecule has 38 heavy (non-hydrogen) atoms. The molecule has 0 spiro atoms. The van der Waals surface area contributed by atoms with Crippen molar-refractivity contribution in [1.82, 2.24) is 10.2 Å². The molecule has 0 aliphatic carbocycles. The van der Waals surface area contributed by atoms with Crippen molar-refractivity contribution in [3.8, 4) is 0 Å². The molecular weight excluding hydrogens is 515 g/mol. The van der Waals surface area contributed by atoms with Crippen LogP contribution in [0.1, 0.15) is 62.3 Å². The van der Waals surface area contributed by atoms with Crippen molar-refractivity contribution in [3.63, 3.8) is 0 Å². The summed E-state index contributed by atoms with van der Waals surface area (Å²) in [5.41, 5.74) is 3.96. The second kappa shape index (κ2) is 14.4. The Morgan fingerprint density at radius 2 is 1.45 bits per heavy atom. The molecule has 0 fully saturated rings. The van der Waals surface area contributed by atoms with Crippen LogP contribution in [0.5, 0.6) is 0 Å². The molecule has 0 aliphatic rings. The van der Waals surface area contributed by atoms with Crippen molar-refractivity contribution in [3.05, 3.63) is 105 Å². The van der Waals surface area contributed by atoms with Crippen molar-refractivity contribution in [2.24, 2.45) is 5.92 Å². The Hall–Kier alpha value is -2.82. The quantitative estimate of drug-likeness (QED) is 0.253. The average Bonchev–Trinajstić information content (AvgIpc) is 2.90. The third-order valence-corrected chi connectivity index (χ3v) is 7.33. The first-order valence-electron chi connectivity index (χ1n) is 13.3. The number of nitrogens with zero attached hydrogens (tertiary/aromatic N) is 1. The van der Waals surface area contributed by atoms with Gasteiger partial charge in [0.25, 0.3) is 0 Å². The summed E-state index contributed by atoms with van der Waals surface area (Å²) in [6.07, 6.45) is 1.24. The van der Waals surface area contributed by atoms with Gasteiger partial charge in [-0.3, -0.25) is 9.59 Å². The fourth-order valence-corrected chi connectivity index (χ4v) is 4.81. The maximum absolute atomic E-state index is 13.9. The molecule has 0 radical (unpaired) electrons. The van der Waals surface area contributed by atoms with Crippen LogP contribution in [0.25, 0.3) is 0 Å². The van der Waals surface area contributed by atoms with Crippen molar-refractivity contribution >= 4 is 35.0 Å². The highest BCUT2D eigenvalue weighted by atomic mass is 35.5. The van der Waals surface area contributed by atoms with E-state index < -0.39 is 6.04 Å². The monoisotopic (exact) mass is 552 g/mol. The normalized spacial score (nSPS) is 12.0. The van der Waals surface area contributed by atoms with E-state index in [-0.39, 0.29) is 30.7 Å². The zero-order valence-electron chi connectivity index (χ0n) is 22.7. The van der Waals surface area contributed by atoms with Crippen molar-refractivity contribution in [2.75, 3.05) is 6.54 Å². The summed E-state index contributed by atoms with van der Waals surface area (Å²) in [4.78, 5) is 29.1. The molecule has 1 atom stereocenters. The number of benzene rings is 3. The molecule has 3 aromatic rings. The van der Waals surface area contributed by atoms with Gasteiger partial charge in [-0.05, 0) is 47.1 Å². The summed E-state index contributed by atoms with van der Waals surface area (Å²) in [6, 6.07) is 22.7. The van der Waals surface area contributed by atoms with Gasteiger partial charge in [0, 0.05) is 41.5 Å². The summed E-state index contributed by atoms with van der Waals surface area (Å²) in [5.74, 6) is 0.437. The van der Waals surface area contributed by atoms with E-state index in [2.05, 4.69) is 43.4 Å². The lowest BCUT2D eigenvalue weighted by atomic mass is 9.99. The Kier molecular flexibility index (Phi) is 11.2. The van der Waals surface area contributed by atoms with Crippen molar-refractivity contribution in [1.29, 1.82) is 0 Å². The lowest BCUT2D eigenvalue weighted by Gasteiger charge is -2.32. The first kappa shape index (κ1) is 29.7. The summed E-state index contributed by atoms with van der Waals surface area (Å²) in [5, 5.41) is 3.99. The second-order valence-corrected chi connectivity index (χ2v) is 11.3. The third-order valence-electron chi connectivity index (χ3n) is 6.62. The maximum atomic E-state index is 13.9. The van der Waals surface area contributed by atoms with Gasteiger partial charge in [0.05, 0.1) is 0 Å². The van der Waals surface area contributed by atoms with Crippen LogP contribution in [0.2, 0.25) is 10.0 Å². The lowest BCUT2D eigenvalue weighted by Crippen LogP contribution is -2.51. The summed E-state index contributed by atoms with van der Waals surface area (Å²) in [7, 11) is 0. The summed E-state index contributed by atoms with van der Waals surface area (Å²) < 4.78 is 0. The number of hydrogen-bond donors (Lipinski definition) is 1. The minimum absolute atomic E-state index is 0.116. The predicted molar refractivity (Wildman–Crippen MR) is 158 cm³/mol. The zero-order chi connectivity index (χ0) is 27.7. The van der Waals surface area contributed by atoms with E-state index in [1.54, 1.807) is 23.1 Å². The fourth-order valence-electron chi connectivity index (χ4n) is 4.29. The van der Waals surface area contributed by atoms with Crippen LogP contribution in [0.4, 0.5) is 0 Å². The van der Waals surface area contributed by atoms with E-state index in [1.165, 1.54) is 5.56 Å². The molecule has 0 heterocycles. The Labute approximate surface area is 237 Å². The van der Waals surface area contributed by atoms with Gasteiger partial charge in [-0.15, -0.1) is 0 Å². The van der Waals surface area contributed by atoms with Gasteiger partial charge in [0.2, 0.25) is 11.8 Å². The molecule has 0 bridgehead atoms. The first-order chi connectivity index (χ1) is 18.2. The van der Waals surface area contributed by atoms with E-state index in [9.17, 15) is 9.59 Å². The average molecular weight is 554 g/mol. The van der Waals surface area contributed by atoms with Gasteiger partial charge in [0.15, 0.2) is 0 Å². The van der Waals surface area contributed by atoms with E-state index in [0.717, 1.165) is 11.1 Å². The molecule has 0 unspecified atom stereocenters. The fraction of sp³-hybridized carbons (Fsp3) is 0.375. The Bertz CT molecular complexity index is 1170. The topological polar surface area (TPSA) is 49.4 Å². The number of amides is 2. The van der Waals surface area contributed by atoms with Crippen LogP contribution in [0.15, 0.2) is 72.8 Å². The van der Waals surface area contributed by atoms with E-state index in [1.807, 2.05) is 44.2 Å². The molecule has 0 aliphatic heterocycles. The number of carbonyl (C=O) groups excluding carboxylic acids is 2. The Morgan fingerprint density at radius 1 is 0.816 bits per heavy atom. The molecule has 0 saturated carbocycles. The van der Waals surface area contributed by atoms with Crippen LogP contribution in [0.3, 0.4) is 0 Å². The zero-order valence-corrected chi connectivity index (χ0v) is 24.2. The van der Waals surface area contributed by atoms with Gasteiger partial charge in [-0.2, -0.15) is 0 Å². The minimum atomic E-state index is -0.709. The molecule has 1 N–H and O–H groups in total. The molecular formula is C32H38Cl2N2O2. The Balaban J connectivity index is 1.92. The molecule has 6 heteroatoms. The first-order valence-corrected chi connectivity index (χ1v) is 14.0. The lowest BCUT2D eigenvalue weighted by molar-refractivity contribution is -0.141. The van der Waals surface area contributed by atoms with Gasteiger partial charge >= 0.3 is 0 Å². The number of hydrogen-bond acceptors (Lipinski definition) is 2. The molecule has 4 nitrogen and oxygen atoms in total. The highest BCUT2D eigenvalue weighted by Gasteiger charge is 2.31. The summed E-state index contributed by atoms with van der Waals surface area (Å²) >= 11 is 13.0. The highest BCUT2D eigenvalue weighted by Crippen LogP contribution is 2.28. The summed E-state index contributed by atoms with van der Waals surface area (Å²) in [6.45, 7) is 9.09. The van der Waals surface area contributed by atoms with Crippen LogP contribution in [0, 0.1) is 5.92 Å². The van der Waals surface area contributed by atoms with Crippen LogP contribution >= 0.6 is 23.2 Å². The van der Waals surface area contributed by atoms with Crippen LogP contribution in [-0.2, 0) is 29.0 Å². The molecule has 3 rings (SSSR count). The number of aryl methyl sites for hydroxylation is 1. The SMILES string of the molecule is CC(C)CNC(=O)[C@H](Cc1ccccc1)N(Cc1c(Cl)cccc1Cl)C(=O)CCc1ccc(C(C)C)cc1. The number of nitrogens with one attached hydrogen (secondary N) is 1. The van der Waals surface area contributed by atoms with Gasteiger partial charge in [0.1, 0.15) is 6.04 Å². The van der Waals surface area contributed by atoms with E-state index in [4.69, 9.17) is 23.2 Å². The molecule has 3 aromatic carbocycles. The van der Waals surface area contributed by atoms with Gasteiger partial charge < -0.3 is 10.2 Å². The largest absolute Gasteiger partial charge is 0.354 e. The van der Waals surface area contributed by atoms with Crippen molar-refractivity contribution < 1.29 is 9.59 Å². The second-order valence-electron chi connectivity index (χ2n) is 10.5. The van der Waals surface area contributed by atoms with E-state index >= 15 is 0 Å². The predicted octanol–water partition coefficient (Wildman–Crippen LogP) is 7.46. The number of halogens is 2. The highest BCUT2D eigenvalue weighted by molar-refractivity contribution is 6.36. The smallest absolute Gasteiger partial charge is 0.243 e. The van der Waals surface area contributed by atoms with Gasteiger partial charge in [-0.25, -0.2) is 0 Å². The van der Waals surface area contributed by atoms with E-state index in [0.29, 0.717) is 40.9 Å². The maximum Gasteiger partial charge on any atom is 0.243 e. The standard InChI is InChI=1S/C32H38Cl2N2O2/c1-22(2)20-35-32(38)30(19-25-9-6-5-7-10-25)36(21-27-28(33)11-8-12-29(27)34)31(37)18-15-24-13-16-26(17-14-24)23(3)4/h5-14,16-17,22-23,30H,15,18-21H2,1-4H3,(H,35,38)/t30-/m0/s1. The molecule has 202 valence electrons. The third kappa shape index (κ3) is 8.61. The van der Waals surface area contributed by atoms with Crippen LogP contribution in [-0.4, -0.2) is 29.3 Å². The molecule has 2 amide bonds. The van der Waals surface area contributed by atoms with Crippen LogP contribution < -0.4 is 5.32 Å². The van der Waals surface area contributed by atoms with Crippen molar-refractivity contribution in [2.45, 2.75) is 65.5 Å². The molecule has 0 saturated heterocycles. The Morgan fingerprint density at radius 3 is 2.03 bits per heavy atom.